The van der Waals surface area contributed by atoms with Gasteiger partial charge in [0.25, 0.3) is 11.8 Å². The zero-order chi connectivity index (χ0) is 20.0. The Kier molecular flexibility index (Phi) is 6.92. The molecule has 0 bridgehead atoms. The van der Waals surface area contributed by atoms with Crippen molar-refractivity contribution in [2.24, 2.45) is 0 Å². The van der Waals surface area contributed by atoms with Crippen LogP contribution in [0.1, 0.15) is 46.9 Å². The van der Waals surface area contributed by atoms with Crippen molar-refractivity contribution < 1.29 is 24.3 Å². The van der Waals surface area contributed by atoms with E-state index in [0.717, 1.165) is 0 Å². The van der Waals surface area contributed by atoms with Crippen molar-refractivity contribution in [1.29, 1.82) is 0 Å². The standard InChI is InChI=1S/C19H25N3O5/c1-13(23)22(12-17(24)25)16-7-4-9-21(10-8-16)19(27)15-6-3-5-14(11-15)18(26)20-2/h3,5-6,11,16H,4,7-10,12H2,1-2H3,(H,20,26)(H,24,25)/t16-/m0/s1. The molecule has 2 N–H and O–H groups in total. The molecular formula is C19H25N3O5. The first-order valence-corrected chi connectivity index (χ1v) is 8.94. The molecule has 1 heterocycles. The van der Waals surface area contributed by atoms with Crippen LogP contribution in [0.3, 0.4) is 0 Å². The van der Waals surface area contributed by atoms with Crippen LogP contribution in [0.2, 0.25) is 0 Å². The first-order chi connectivity index (χ1) is 12.8. The molecule has 3 amide bonds. The van der Waals surface area contributed by atoms with E-state index in [1.807, 2.05) is 0 Å². The number of aliphatic carboxylic acids is 1. The topological polar surface area (TPSA) is 107 Å². The fourth-order valence-electron chi connectivity index (χ4n) is 3.36. The van der Waals surface area contributed by atoms with E-state index in [2.05, 4.69) is 5.32 Å². The highest BCUT2D eigenvalue weighted by Crippen LogP contribution is 2.19. The second-order valence-electron chi connectivity index (χ2n) is 6.58. The Balaban J connectivity index is 2.09. The molecule has 8 heteroatoms. The van der Waals surface area contributed by atoms with Crippen LogP contribution in [0.4, 0.5) is 0 Å². The second kappa shape index (κ2) is 9.16. The lowest BCUT2D eigenvalue weighted by Gasteiger charge is -2.28. The minimum absolute atomic E-state index is 0.172. The molecule has 8 nitrogen and oxygen atoms in total. The second-order valence-corrected chi connectivity index (χ2v) is 6.58. The lowest BCUT2D eigenvalue weighted by atomic mass is 10.1. The van der Waals surface area contributed by atoms with E-state index >= 15 is 0 Å². The van der Waals surface area contributed by atoms with E-state index < -0.39 is 5.97 Å². The number of hydrogen-bond donors (Lipinski definition) is 2. The van der Waals surface area contributed by atoms with E-state index in [9.17, 15) is 19.2 Å². The van der Waals surface area contributed by atoms with Crippen molar-refractivity contribution in [3.63, 3.8) is 0 Å². The fraction of sp³-hybridized carbons (Fsp3) is 0.474. The molecule has 1 atom stereocenters. The largest absolute Gasteiger partial charge is 0.480 e. The van der Waals surface area contributed by atoms with E-state index in [0.29, 0.717) is 43.5 Å². The zero-order valence-electron chi connectivity index (χ0n) is 15.6. The molecule has 0 saturated carbocycles. The van der Waals surface area contributed by atoms with Crippen LogP contribution in [0, 0.1) is 0 Å². The molecule has 1 aromatic rings. The van der Waals surface area contributed by atoms with Crippen LogP contribution >= 0.6 is 0 Å². The van der Waals surface area contributed by atoms with Crippen molar-refractivity contribution in [3.05, 3.63) is 35.4 Å². The predicted octanol–water partition coefficient (Wildman–Crippen LogP) is 0.974. The van der Waals surface area contributed by atoms with E-state index in [4.69, 9.17) is 5.11 Å². The number of nitrogens with zero attached hydrogens (tertiary/aromatic N) is 2. The number of rotatable bonds is 5. The van der Waals surface area contributed by atoms with Crippen LogP contribution in [0.5, 0.6) is 0 Å². The molecule has 2 rings (SSSR count). The van der Waals surface area contributed by atoms with Gasteiger partial charge >= 0.3 is 5.97 Å². The number of carboxylic acid groups (broad SMARTS) is 1. The number of carbonyl (C=O) groups is 4. The van der Waals surface area contributed by atoms with Crippen LogP contribution < -0.4 is 5.32 Å². The minimum atomic E-state index is -1.05. The van der Waals surface area contributed by atoms with Crippen LogP contribution in [-0.4, -0.2) is 71.3 Å². The maximum Gasteiger partial charge on any atom is 0.323 e. The van der Waals surface area contributed by atoms with Gasteiger partial charge in [-0.1, -0.05) is 6.07 Å². The molecule has 27 heavy (non-hydrogen) atoms. The Hall–Kier alpha value is -2.90. The molecule has 1 aromatic carbocycles. The predicted molar refractivity (Wildman–Crippen MR) is 98.4 cm³/mol. The Morgan fingerprint density at radius 2 is 1.89 bits per heavy atom. The van der Waals surface area contributed by atoms with Gasteiger partial charge in [-0.15, -0.1) is 0 Å². The summed E-state index contributed by atoms with van der Waals surface area (Å²) in [6, 6.07) is 6.35. The van der Waals surface area contributed by atoms with Gasteiger partial charge in [0, 0.05) is 44.2 Å². The van der Waals surface area contributed by atoms with Gasteiger partial charge in [-0.2, -0.15) is 0 Å². The lowest BCUT2D eigenvalue weighted by Crippen LogP contribution is -2.43. The maximum absolute atomic E-state index is 12.8. The van der Waals surface area contributed by atoms with Gasteiger partial charge in [0.1, 0.15) is 6.54 Å². The minimum Gasteiger partial charge on any atom is -0.480 e. The quantitative estimate of drug-likeness (QED) is 0.798. The Bertz CT molecular complexity index is 734. The summed E-state index contributed by atoms with van der Waals surface area (Å²) in [5.41, 5.74) is 0.851. The summed E-state index contributed by atoms with van der Waals surface area (Å²) in [4.78, 5) is 50.5. The molecule has 1 fully saturated rings. The van der Waals surface area contributed by atoms with E-state index in [1.165, 1.54) is 18.9 Å². The molecule has 0 radical (unpaired) electrons. The number of hydrogen-bond acceptors (Lipinski definition) is 4. The molecule has 146 valence electrons. The number of nitrogens with one attached hydrogen (secondary N) is 1. The molecule has 0 aliphatic carbocycles. The molecule has 0 unspecified atom stereocenters. The van der Waals surface area contributed by atoms with Gasteiger partial charge in [0.2, 0.25) is 5.91 Å². The highest BCUT2D eigenvalue weighted by Gasteiger charge is 2.28. The van der Waals surface area contributed by atoms with Crippen molar-refractivity contribution in [2.75, 3.05) is 26.7 Å². The normalized spacial score (nSPS) is 17.0. The third-order valence-corrected chi connectivity index (χ3v) is 4.73. The van der Waals surface area contributed by atoms with Crippen LogP contribution in [0.15, 0.2) is 24.3 Å². The Morgan fingerprint density at radius 3 is 2.52 bits per heavy atom. The molecule has 1 aliphatic rings. The monoisotopic (exact) mass is 375 g/mol. The van der Waals surface area contributed by atoms with Crippen molar-refractivity contribution in [1.82, 2.24) is 15.1 Å². The molecular weight excluding hydrogens is 350 g/mol. The summed E-state index contributed by atoms with van der Waals surface area (Å²) < 4.78 is 0. The van der Waals surface area contributed by atoms with Gasteiger partial charge < -0.3 is 20.2 Å². The number of carboxylic acids is 1. The fourth-order valence-corrected chi connectivity index (χ4v) is 3.36. The average molecular weight is 375 g/mol. The smallest absolute Gasteiger partial charge is 0.323 e. The van der Waals surface area contributed by atoms with Gasteiger partial charge in [-0.3, -0.25) is 19.2 Å². The third kappa shape index (κ3) is 5.29. The summed E-state index contributed by atoms with van der Waals surface area (Å²) in [6.07, 6.45) is 1.84. The van der Waals surface area contributed by atoms with Crippen LogP contribution in [-0.2, 0) is 9.59 Å². The number of likely N-dealkylation sites (tertiary alicyclic amines) is 1. The highest BCUT2D eigenvalue weighted by atomic mass is 16.4. The summed E-state index contributed by atoms with van der Waals surface area (Å²) >= 11 is 0. The SMILES string of the molecule is CNC(=O)c1cccc(C(=O)N2CCC[C@H](N(CC(=O)O)C(C)=O)CC2)c1. The maximum atomic E-state index is 12.8. The summed E-state index contributed by atoms with van der Waals surface area (Å²) in [5.74, 6) is -1.76. The first-order valence-electron chi connectivity index (χ1n) is 8.94. The average Bonchev–Trinajstić information content (AvgIpc) is 2.90. The van der Waals surface area contributed by atoms with E-state index in [1.54, 1.807) is 29.2 Å². The highest BCUT2D eigenvalue weighted by molar-refractivity contribution is 5.99. The van der Waals surface area contributed by atoms with Crippen molar-refractivity contribution in [3.8, 4) is 0 Å². The zero-order valence-corrected chi connectivity index (χ0v) is 15.6. The summed E-state index contributed by atoms with van der Waals surface area (Å²) in [6.45, 7) is 1.98. The molecule has 0 spiro atoms. The third-order valence-electron chi connectivity index (χ3n) is 4.73. The number of carbonyl (C=O) groups excluding carboxylic acids is 3. The number of benzene rings is 1. The van der Waals surface area contributed by atoms with Gasteiger partial charge in [0.05, 0.1) is 0 Å². The Morgan fingerprint density at radius 1 is 1.19 bits per heavy atom. The Labute approximate surface area is 158 Å². The summed E-state index contributed by atoms with van der Waals surface area (Å²) in [7, 11) is 1.53. The van der Waals surface area contributed by atoms with Gasteiger partial charge in [0.15, 0.2) is 0 Å². The first kappa shape index (κ1) is 20.4. The number of amides is 3. The van der Waals surface area contributed by atoms with Gasteiger partial charge in [-0.05, 0) is 37.5 Å². The van der Waals surface area contributed by atoms with Crippen molar-refractivity contribution >= 4 is 23.7 Å². The van der Waals surface area contributed by atoms with Crippen molar-refractivity contribution in [2.45, 2.75) is 32.2 Å². The van der Waals surface area contributed by atoms with Crippen LogP contribution in [0.25, 0.3) is 0 Å². The molecule has 1 saturated heterocycles. The lowest BCUT2D eigenvalue weighted by molar-refractivity contribution is -0.145. The van der Waals surface area contributed by atoms with Gasteiger partial charge in [-0.25, -0.2) is 0 Å². The summed E-state index contributed by atoms with van der Waals surface area (Å²) in [5, 5.41) is 11.6. The van der Waals surface area contributed by atoms with E-state index in [-0.39, 0.29) is 30.3 Å². The molecule has 0 aromatic heterocycles. The molecule has 1 aliphatic heterocycles.